The van der Waals surface area contributed by atoms with Crippen LogP contribution in [0.25, 0.3) is 10.1 Å². The molecule has 3 aliphatic carbocycles. The number of methoxy groups -OCH3 is 2. The molecule has 1 spiro atoms. The fourth-order valence-corrected chi connectivity index (χ4v) is 8.49. The standard InChI is InChI=1S/C23H27ClO4S/c1-25-18-7-8-19-17(21(18)24)12-20(29-19)23(26-2)22(27-28-23)15-6-5-13-3-4-14(10-15)11-16(22)9-13/h7-8,12-16H,3-6,9-11H2,1-2H3. The van der Waals surface area contributed by atoms with Crippen LogP contribution in [0.15, 0.2) is 18.2 Å². The summed E-state index contributed by atoms with van der Waals surface area (Å²) in [4.78, 5) is 13.2. The van der Waals surface area contributed by atoms with E-state index in [9.17, 15) is 0 Å². The van der Waals surface area contributed by atoms with E-state index in [1.54, 1.807) is 25.6 Å². The molecule has 6 atom stereocenters. The average molecular weight is 435 g/mol. The first kappa shape index (κ1) is 18.9. The highest BCUT2D eigenvalue weighted by molar-refractivity contribution is 7.19. The number of fused-ring (bicyclic) bond motifs is 3. The molecule has 1 aromatic carbocycles. The molecule has 1 aliphatic heterocycles. The minimum absolute atomic E-state index is 0.380. The van der Waals surface area contributed by atoms with E-state index in [1.165, 1.54) is 44.9 Å². The molecule has 0 N–H and O–H groups in total. The lowest BCUT2D eigenvalue weighted by molar-refractivity contribution is -0.639. The van der Waals surface area contributed by atoms with Crippen LogP contribution in [0, 0.1) is 23.7 Å². The molecule has 0 radical (unpaired) electrons. The van der Waals surface area contributed by atoms with Gasteiger partial charge in [-0.05, 0) is 67.6 Å². The van der Waals surface area contributed by atoms with Gasteiger partial charge in [-0.2, -0.15) is 4.89 Å². The Bertz CT molecular complexity index is 952. The normalized spacial score (nSPS) is 40.8. The minimum Gasteiger partial charge on any atom is -0.495 e. The molecule has 0 amide bonds. The zero-order valence-corrected chi connectivity index (χ0v) is 18.5. The zero-order chi connectivity index (χ0) is 19.8. The molecule has 2 aromatic rings. The summed E-state index contributed by atoms with van der Waals surface area (Å²) in [5.74, 6) is 2.49. The summed E-state index contributed by atoms with van der Waals surface area (Å²) in [7, 11) is 3.42. The number of thiophene rings is 1. The first-order valence-electron chi connectivity index (χ1n) is 10.8. The maximum atomic E-state index is 6.62. The number of benzene rings is 1. The van der Waals surface area contributed by atoms with Crippen molar-refractivity contribution in [1.82, 2.24) is 0 Å². The van der Waals surface area contributed by atoms with Crippen LogP contribution in [-0.2, 0) is 20.3 Å². The third-order valence-electron chi connectivity index (χ3n) is 8.22. The molecule has 29 heavy (non-hydrogen) atoms. The van der Waals surface area contributed by atoms with Gasteiger partial charge in [0.1, 0.15) is 5.75 Å². The first-order chi connectivity index (χ1) is 14.1. The number of rotatable bonds is 3. The Morgan fingerprint density at radius 1 is 1.00 bits per heavy atom. The smallest absolute Gasteiger partial charge is 0.269 e. The molecule has 6 unspecified atom stereocenters. The fourth-order valence-electron chi connectivity index (χ4n) is 6.91. The van der Waals surface area contributed by atoms with Crippen LogP contribution in [-0.4, -0.2) is 19.8 Å². The number of hydrogen-bond acceptors (Lipinski definition) is 5. The molecule has 1 saturated heterocycles. The number of ether oxygens (including phenoxy) is 2. The second-order valence-corrected chi connectivity index (χ2v) is 10.8. The molecule has 4 bridgehead atoms. The van der Waals surface area contributed by atoms with Crippen molar-refractivity contribution in [2.75, 3.05) is 14.2 Å². The van der Waals surface area contributed by atoms with Gasteiger partial charge in [-0.25, -0.2) is 4.89 Å². The van der Waals surface area contributed by atoms with E-state index in [1.807, 2.05) is 6.07 Å². The molecular weight excluding hydrogens is 408 g/mol. The highest BCUT2D eigenvalue weighted by Crippen LogP contribution is 2.67. The summed E-state index contributed by atoms with van der Waals surface area (Å²) in [5.41, 5.74) is -0.380. The van der Waals surface area contributed by atoms with Gasteiger partial charge >= 0.3 is 0 Å². The summed E-state index contributed by atoms with van der Waals surface area (Å²) in [6.45, 7) is 0. The molecule has 6 heteroatoms. The summed E-state index contributed by atoms with van der Waals surface area (Å²) >= 11 is 8.32. The molecule has 2 heterocycles. The molecule has 4 aliphatic rings. The van der Waals surface area contributed by atoms with Crippen molar-refractivity contribution >= 4 is 33.0 Å². The lowest BCUT2D eigenvalue weighted by Gasteiger charge is -2.62. The molecular formula is C23H27ClO4S. The minimum atomic E-state index is -0.840. The zero-order valence-electron chi connectivity index (χ0n) is 16.9. The van der Waals surface area contributed by atoms with E-state index in [-0.39, 0.29) is 5.60 Å². The first-order valence-corrected chi connectivity index (χ1v) is 12.0. The third kappa shape index (κ3) is 2.37. The van der Waals surface area contributed by atoms with Crippen molar-refractivity contribution in [3.63, 3.8) is 0 Å². The number of halogens is 1. The van der Waals surface area contributed by atoms with Gasteiger partial charge in [-0.3, -0.25) is 0 Å². The monoisotopic (exact) mass is 434 g/mol. The Balaban J connectivity index is 1.50. The molecule has 1 aromatic heterocycles. The van der Waals surface area contributed by atoms with Crippen molar-refractivity contribution in [2.45, 2.75) is 56.3 Å². The van der Waals surface area contributed by atoms with Gasteiger partial charge in [-0.1, -0.05) is 30.9 Å². The van der Waals surface area contributed by atoms with Gasteiger partial charge in [-0.15, -0.1) is 11.3 Å². The van der Waals surface area contributed by atoms with Crippen LogP contribution in [0.1, 0.15) is 49.8 Å². The van der Waals surface area contributed by atoms with E-state index >= 15 is 0 Å². The Hall–Kier alpha value is -0.850. The number of hydrogen-bond donors (Lipinski definition) is 0. The van der Waals surface area contributed by atoms with E-state index in [2.05, 4.69) is 12.1 Å². The van der Waals surface area contributed by atoms with Gasteiger partial charge in [0.25, 0.3) is 5.79 Å². The van der Waals surface area contributed by atoms with Crippen LogP contribution < -0.4 is 4.74 Å². The summed E-state index contributed by atoms with van der Waals surface area (Å²) in [6.07, 6.45) is 8.99. The average Bonchev–Trinajstić information content (AvgIpc) is 3.02. The molecule has 4 fully saturated rings. The van der Waals surface area contributed by atoms with Crippen LogP contribution in [0.5, 0.6) is 5.75 Å². The van der Waals surface area contributed by atoms with Gasteiger partial charge in [0.05, 0.1) is 17.0 Å². The molecule has 156 valence electrons. The predicted octanol–water partition coefficient (Wildman–Crippen LogP) is 6.30. The van der Waals surface area contributed by atoms with Gasteiger partial charge < -0.3 is 9.47 Å². The van der Waals surface area contributed by atoms with Crippen LogP contribution >= 0.6 is 22.9 Å². The summed E-state index contributed by atoms with van der Waals surface area (Å²) in [6, 6.07) is 6.13. The van der Waals surface area contributed by atoms with E-state index in [0.717, 1.165) is 26.8 Å². The topological polar surface area (TPSA) is 36.9 Å². The quantitative estimate of drug-likeness (QED) is 0.531. The second-order valence-electron chi connectivity index (χ2n) is 9.37. The SMILES string of the molecule is COc1ccc2sc(C3(OC)OOC34C3CCC5CCC(C3)CC4C5)cc2c1Cl. The van der Waals surface area contributed by atoms with Crippen LogP contribution in [0.3, 0.4) is 0 Å². The summed E-state index contributed by atoms with van der Waals surface area (Å²) < 4.78 is 12.8. The van der Waals surface area contributed by atoms with E-state index < -0.39 is 5.79 Å². The maximum Gasteiger partial charge on any atom is 0.269 e. The van der Waals surface area contributed by atoms with Gasteiger partial charge in [0.2, 0.25) is 0 Å². The Morgan fingerprint density at radius 2 is 1.76 bits per heavy atom. The predicted molar refractivity (Wildman–Crippen MR) is 113 cm³/mol. The lowest BCUT2D eigenvalue weighted by atomic mass is 9.59. The largest absolute Gasteiger partial charge is 0.495 e. The highest BCUT2D eigenvalue weighted by atomic mass is 35.5. The van der Waals surface area contributed by atoms with Crippen molar-refractivity contribution < 1.29 is 19.2 Å². The molecule has 3 saturated carbocycles. The van der Waals surface area contributed by atoms with Crippen LogP contribution in [0.2, 0.25) is 5.02 Å². The molecule has 4 nitrogen and oxygen atoms in total. The van der Waals surface area contributed by atoms with Crippen LogP contribution in [0.4, 0.5) is 0 Å². The van der Waals surface area contributed by atoms with E-state index in [0.29, 0.717) is 22.6 Å². The Morgan fingerprint density at radius 3 is 2.52 bits per heavy atom. The van der Waals surface area contributed by atoms with E-state index in [4.69, 9.17) is 30.8 Å². The second kappa shape index (κ2) is 6.57. The maximum absolute atomic E-state index is 6.62. The fraction of sp³-hybridized carbons (Fsp3) is 0.652. The van der Waals surface area contributed by atoms with Crippen molar-refractivity contribution in [3.05, 3.63) is 28.1 Å². The van der Waals surface area contributed by atoms with Crippen molar-refractivity contribution in [2.24, 2.45) is 23.7 Å². The lowest BCUT2D eigenvalue weighted by Crippen LogP contribution is -2.73. The summed E-state index contributed by atoms with van der Waals surface area (Å²) in [5, 5.41) is 1.64. The highest BCUT2D eigenvalue weighted by Gasteiger charge is 2.75. The van der Waals surface area contributed by atoms with Gasteiger partial charge in [0, 0.05) is 17.2 Å². The Kier molecular flexibility index (Phi) is 4.28. The third-order valence-corrected chi connectivity index (χ3v) is 9.79. The Labute approximate surface area is 180 Å². The van der Waals surface area contributed by atoms with Crippen molar-refractivity contribution in [3.8, 4) is 5.75 Å². The van der Waals surface area contributed by atoms with Gasteiger partial charge in [0.15, 0.2) is 5.60 Å². The molecule has 6 rings (SSSR count). The van der Waals surface area contributed by atoms with Crippen molar-refractivity contribution in [1.29, 1.82) is 0 Å².